The van der Waals surface area contributed by atoms with Crippen LogP contribution < -0.4 is 0 Å². The number of hydrogen-bond donors (Lipinski definition) is 2. The average molecular weight is 196 g/mol. The Bertz CT molecular complexity index is 335. The van der Waals surface area contributed by atoms with E-state index in [1.54, 1.807) is 6.08 Å². The first-order chi connectivity index (χ1) is 6.64. The Balaban J connectivity index is 2.14. The number of rotatable bonds is 0. The van der Waals surface area contributed by atoms with Crippen LogP contribution in [0.3, 0.4) is 0 Å². The molecule has 2 aliphatic carbocycles. The van der Waals surface area contributed by atoms with Crippen molar-refractivity contribution in [2.45, 2.75) is 37.1 Å². The van der Waals surface area contributed by atoms with Gasteiger partial charge in [-0.05, 0) is 19.3 Å². The predicted molar refractivity (Wildman–Crippen MR) is 46.3 cm³/mol. The van der Waals surface area contributed by atoms with Gasteiger partial charge in [0, 0.05) is 5.92 Å². The van der Waals surface area contributed by atoms with Gasteiger partial charge in [0.25, 0.3) is 0 Å². The van der Waals surface area contributed by atoms with Crippen LogP contribution in [0.25, 0.3) is 0 Å². The molecule has 0 spiro atoms. The van der Waals surface area contributed by atoms with Gasteiger partial charge in [0.15, 0.2) is 0 Å². The summed E-state index contributed by atoms with van der Waals surface area (Å²) in [6, 6.07) is 0. The van der Waals surface area contributed by atoms with Gasteiger partial charge >= 0.3 is 5.97 Å². The zero-order chi connectivity index (χ0) is 9.92. The van der Waals surface area contributed by atoms with Gasteiger partial charge in [0.05, 0.1) is 11.7 Å². The number of hydrogen-bond acceptors (Lipinski definition) is 4. The summed E-state index contributed by atoms with van der Waals surface area (Å²) in [6.07, 6.45) is 2.48. The van der Waals surface area contributed by atoms with Crippen molar-refractivity contribution < 1.29 is 19.7 Å². The fraction of sp³-hybridized carbons (Fsp3) is 0.700. The third kappa shape index (κ3) is 0.746. The zero-order valence-corrected chi connectivity index (χ0v) is 7.64. The molecule has 1 saturated heterocycles. The molecule has 1 saturated carbocycles. The average Bonchev–Trinajstić information content (AvgIpc) is 2.56. The van der Waals surface area contributed by atoms with Gasteiger partial charge in [-0.1, -0.05) is 6.08 Å². The van der Waals surface area contributed by atoms with E-state index in [0.717, 1.165) is 6.42 Å². The predicted octanol–water partition coefficient (Wildman–Crippen LogP) is -0.256. The van der Waals surface area contributed by atoms with Crippen LogP contribution in [-0.4, -0.2) is 34.0 Å². The molecule has 14 heavy (non-hydrogen) atoms. The standard InChI is InChI=1S/C10H12O4/c11-7-3-1-6-9(12)14-8-4-2-5(7)10(6,8)13/h1,5,7-8,11,13H,2-4H2/t5-,7-,8-,10+/m1/s1. The quantitative estimate of drug-likeness (QED) is 0.524. The lowest BCUT2D eigenvalue weighted by Gasteiger charge is -2.34. The molecular weight excluding hydrogens is 184 g/mol. The molecule has 2 fully saturated rings. The van der Waals surface area contributed by atoms with Gasteiger partial charge in [-0.15, -0.1) is 0 Å². The van der Waals surface area contributed by atoms with Gasteiger partial charge in [-0.25, -0.2) is 4.79 Å². The van der Waals surface area contributed by atoms with Crippen LogP contribution in [0.4, 0.5) is 0 Å². The molecule has 1 heterocycles. The summed E-state index contributed by atoms with van der Waals surface area (Å²) in [4.78, 5) is 11.4. The van der Waals surface area contributed by atoms with E-state index in [-0.39, 0.29) is 5.92 Å². The van der Waals surface area contributed by atoms with Crippen molar-refractivity contribution in [3.63, 3.8) is 0 Å². The second kappa shape index (κ2) is 2.38. The Morgan fingerprint density at radius 2 is 2.29 bits per heavy atom. The second-order valence-electron chi connectivity index (χ2n) is 4.32. The van der Waals surface area contributed by atoms with Gasteiger partial charge in [0.2, 0.25) is 0 Å². The van der Waals surface area contributed by atoms with E-state index in [1.165, 1.54) is 0 Å². The smallest absolute Gasteiger partial charge is 0.337 e. The number of aliphatic hydroxyl groups is 2. The molecule has 0 bridgehead atoms. The highest BCUT2D eigenvalue weighted by Crippen LogP contribution is 2.51. The molecule has 0 radical (unpaired) electrons. The highest BCUT2D eigenvalue weighted by atomic mass is 16.6. The highest BCUT2D eigenvalue weighted by molar-refractivity contribution is 5.94. The van der Waals surface area contributed by atoms with E-state index in [0.29, 0.717) is 18.4 Å². The van der Waals surface area contributed by atoms with Crippen molar-refractivity contribution in [2.24, 2.45) is 5.92 Å². The molecule has 4 heteroatoms. The molecule has 0 unspecified atom stereocenters. The molecule has 3 aliphatic rings. The van der Waals surface area contributed by atoms with Crippen LogP contribution in [0, 0.1) is 5.92 Å². The summed E-state index contributed by atoms with van der Waals surface area (Å²) in [6.45, 7) is 0. The third-order valence-electron chi connectivity index (χ3n) is 3.72. The molecule has 0 aromatic carbocycles. The number of carbonyl (C=O) groups excluding carboxylic acids is 1. The van der Waals surface area contributed by atoms with E-state index >= 15 is 0 Å². The minimum Gasteiger partial charge on any atom is -0.455 e. The van der Waals surface area contributed by atoms with Crippen molar-refractivity contribution in [3.05, 3.63) is 11.6 Å². The van der Waals surface area contributed by atoms with Gasteiger partial charge in [-0.2, -0.15) is 0 Å². The number of aliphatic hydroxyl groups excluding tert-OH is 1. The first-order valence-corrected chi connectivity index (χ1v) is 4.96. The Kier molecular flexibility index (Phi) is 1.43. The maximum absolute atomic E-state index is 11.4. The summed E-state index contributed by atoms with van der Waals surface area (Å²) in [5.41, 5.74) is -0.829. The van der Waals surface area contributed by atoms with Crippen molar-refractivity contribution in [3.8, 4) is 0 Å². The summed E-state index contributed by atoms with van der Waals surface area (Å²) in [5.74, 6) is -0.631. The van der Waals surface area contributed by atoms with Crippen LogP contribution in [0.5, 0.6) is 0 Å². The van der Waals surface area contributed by atoms with Crippen LogP contribution in [-0.2, 0) is 9.53 Å². The van der Waals surface area contributed by atoms with Gasteiger partial charge in [-0.3, -0.25) is 0 Å². The minimum absolute atomic E-state index is 0.223. The normalized spacial score (nSPS) is 50.0. The lowest BCUT2D eigenvalue weighted by molar-refractivity contribution is -0.140. The molecule has 2 N–H and O–H groups in total. The topological polar surface area (TPSA) is 66.8 Å². The number of ether oxygens (including phenoxy) is 1. The van der Waals surface area contributed by atoms with Crippen LogP contribution in [0.1, 0.15) is 19.3 Å². The van der Waals surface area contributed by atoms with Gasteiger partial charge in [0.1, 0.15) is 11.7 Å². The summed E-state index contributed by atoms with van der Waals surface area (Å²) in [7, 11) is 0. The van der Waals surface area contributed by atoms with Crippen molar-refractivity contribution in [1.82, 2.24) is 0 Å². The second-order valence-corrected chi connectivity index (χ2v) is 4.32. The van der Waals surface area contributed by atoms with Crippen molar-refractivity contribution >= 4 is 5.97 Å². The summed E-state index contributed by atoms with van der Waals surface area (Å²) < 4.78 is 5.08. The first-order valence-electron chi connectivity index (χ1n) is 4.96. The van der Waals surface area contributed by atoms with Crippen LogP contribution in [0.15, 0.2) is 11.6 Å². The van der Waals surface area contributed by atoms with Crippen molar-refractivity contribution in [1.29, 1.82) is 0 Å². The first kappa shape index (κ1) is 8.44. The summed E-state index contributed by atoms with van der Waals surface area (Å²) in [5, 5.41) is 20.1. The van der Waals surface area contributed by atoms with E-state index in [1.807, 2.05) is 0 Å². The highest BCUT2D eigenvalue weighted by Gasteiger charge is 2.63. The third-order valence-corrected chi connectivity index (χ3v) is 3.72. The largest absolute Gasteiger partial charge is 0.455 e. The fourth-order valence-corrected chi connectivity index (χ4v) is 3.02. The lowest BCUT2D eigenvalue weighted by Crippen LogP contribution is -2.48. The Labute approximate surface area is 81.2 Å². The van der Waals surface area contributed by atoms with Crippen LogP contribution >= 0.6 is 0 Å². The molecule has 0 amide bonds. The fourth-order valence-electron chi connectivity index (χ4n) is 3.02. The Hall–Kier alpha value is -0.870. The molecule has 0 aromatic heterocycles. The lowest BCUT2D eigenvalue weighted by atomic mass is 9.75. The van der Waals surface area contributed by atoms with Crippen molar-refractivity contribution in [2.75, 3.05) is 0 Å². The molecule has 4 nitrogen and oxygen atoms in total. The Morgan fingerprint density at radius 3 is 3.07 bits per heavy atom. The SMILES string of the molecule is O=C1O[C@@H]2CC[C@@H]3[C@H](O)CC=C1[C@@]32O. The van der Waals surface area contributed by atoms with E-state index in [9.17, 15) is 15.0 Å². The zero-order valence-electron chi connectivity index (χ0n) is 7.64. The van der Waals surface area contributed by atoms with E-state index in [2.05, 4.69) is 0 Å². The maximum atomic E-state index is 11.4. The molecule has 76 valence electrons. The molecule has 0 aromatic rings. The van der Waals surface area contributed by atoms with Gasteiger partial charge < -0.3 is 14.9 Å². The maximum Gasteiger partial charge on any atom is 0.337 e. The number of esters is 1. The Morgan fingerprint density at radius 1 is 1.50 bits per heavy atom. The summed E-state index contributed by atoms with van der Waals surface area (Å²) >= 11 is 0. The minimum atomic E-state index is -1.20. The van der Waals surface area contributed by atoms with Crippen LogP contribution in [0.2, 0.25) is 0 Å². The van der Waals surface area contributed by atoms with E-state index < -0.39 is 23.8 Å². The molecular formula is C10H12O4. The molecule has 1 aliphatic heterocycles. The monoisotopic (exact) mass is 196 g/mol. The molecule has 4 atom stereocenters. The van der Waals surface area contributed by atoms with E-state index in [4.69, 9.17) is 4.74 Å². The number of carbonyl (C=O) groups is 1. The molecule has 3 rings (SSSR count).